The third-order valence-electron chi connectivity index (χ3n) is 8.16. The van der Waals surface area contributed by atoms with E-state index in [0.29, 0.717) is 40.5 Å². The van der Waals surface area contributed by atoms with Crippen molar-refractivity contribution >= 4 is 33.4 Å². The van der Waals surface area contributed by atoms with Gasteiger partial charge in [-0.3, -0.25) is 14.6 Å². The summed E-state index contributed by atoms with van der Waals surface area (Å²) in [6.07, 6.45) is 5.61. The molecule has 1 heterocycles. The smallest absolute Gasteiger partial charge is 0.315 e. The molecule has 2 aromatic rings. The first kappa shape index (κ1) is 27.6. The Morgan fingerprint density at radius 1 is 0.974 bits per heavy atom. The standard InChI is InChI=1S/C31H33BrFNO5/c1-17-28(31(36)39-21-7-5-4-6-8-21)29(19-9-11-23(33)22(32)13-19)30-24(34-17)14-20(15-25(30)35)18-10-12-26(37-2)27(16-18)38-3/h9-13,16,20-21,28-29H,4-8,14-15H2,1-3H3. The Morgan fingerprint density at radius 3 is 2.38 bits per heavy atom. The van der Waals surface area contributed by atoms with Gasteiger partial charge in [-0.1, -0.05) is 18.6 Å². The van der Waals surface area contributed by atoms with Gasteiger partial charge in [0.05, 0.1) is 18.7 Å². The fraction of sp³-hybridized carbons (Fsp3) is 0.452. The van der Waals surface area contributed by atoms with E-state index >= 15 is 0 Å². The number of nitrogens with zero attached hydrogens (tertiary/aromatic N) is 1. The van der Waals surface area contributed by atoms with Gasteiger partial charge in [0.2, 0.25) is 0 Å². The van der Waals surface area contributed by atoms with E-state index in [0.717, 1.165) is 37.7 Å². The van der Waals surface area contributed by atoms with Crippen LogP contribution >= 0.6 is 15.9 Å². The monoisotopic (exact) mass is 597 g/mol. The highest BCUT2D eigenvalue weighted by Gasteiger charge is 2.45. The van der Waals surface area contributed by atoms with Gasteiger partial charge in [0, 0.05) is 29.3 Å². The van der Waals surface area contributed by atoms with Crippen LogP contribution in [0.1, 0.15) is 74.8 Å². The minimum Gasteiger partial charge on any atom is -0.493 e. The van der Waals surface area contributed by atoms with Crippen molar-refractivity contribution in [3.8, 4) is 11.5 Å². The molecular weight excluding hydrogens is 565 g/mol. The topological polar surface area (TPSA) is 74.2 Å². The predicted octanol–water partition coefficient (Wildman–Crippen LogP) is 7.06. The summed E-state index contributed by atoms with van der Waals surface area (Å²) in [5.41, 5.74) is 3.46. The van der Waals surface area contributed by atoms with Crippen molar-refractivity contribution < 1.29 is 28.2 Å². The maximum absolute atomic E-state index is 14.2. The Hall–Kier alpha value is -3.00. The maximum atomic E-state index is 14.2. The molecule has 3 atom stereocenters. The van der Waals surface area contributed by atoms with Crippen molar-refractivity contribution in [3.63, 3.8) is 0 Å². The van der Waals surface area contributed by atoms with Gasteiger partial charge in [-0.25, -0.2) is 4.39 Å². The molecule has 206 valence electrons. The molecule has 3 unspecified atom stereocenters. The van der Waals surface area contributed by atoms with Crippen molar-refractivity contribution in [2.45, 2.75) is 69.8 Å². The molecule has 3 aliphatic rings. The average Bonchev–Trinajstić information content (AvgIpc) is 2.93. The largest absolute Gasteiger partial charge is 0.493 e. The van der Waals surface area contributed by atoms with E-state index in [1.165, 1.54) is 6.07 Å². The average molecular weight is 599 g/mol. The van der Waals surface area contributed by atoms with Gasteiger partial charge in [0.25, 0.3) is 0 Å². The summed E-state index contributed by atoms with van der Waals surface area (Å²) in [4.78, 5) is 32.4. The minimum absolute atomic E-state index is 0.0619. The van der Waals surface area contributed by atoms with Crippen LogP contribution in [0.15, 0.2) is 57.1 Å². The highest BCUT2D eigenvalue weighted by Crippen LogP contribution is 2.48. The second kappa shape index (κ2) is 11.6. The van der Waals surface area contributed by atoms with Crippen LogP contribution in [-0.2, 0) is 14.3 Å². The normalized spacial score (nSPS) is 23.7. The second-order valence-corrected chi connectivity index (χ2v) is 11.4. The number of carbonyl (C=O) groups is 2. The summed E-state index contributed by atoms with van der Waals surface area (Å²) in [5.74, 6) is -1.05. The van der Waals surface area contributed by atoms with Crippen molar-refractivity contribution in [2.75, 3.05) is 14.2 Å². The van der Waals surface area contributed by atoms with Crippen LogP contribution in [0.3, 0.4) is 0 Å². The summed E-state index contributed by atoms with van der Waals surface area (Å²) in [7, 11) is 3.17. The molecule has 5 rings (SSSR count). The lowest BCUT2D eigenvalue weighted by atomic mass is 9.69. The zero-order valence-electron chi connectivity index (χ0n) is 22.5. The summed E-state index contributed by atoms with van der Waals surface area (Å²) < 4.78 is 31.3. The third kappa shape index (κ3) is 5.53. The van der Waals surface area contributed by atoms with Gasteiger partial charge in [-0.05, 0) is 96.3 Å². The van der Waals surface area contributed by atoms with Gasteiger partial charge in [0.15, 0.2) is 17.3 Å². The van der Waals surface area contributed by atoms with Crippen LogP contribution < -0.4 is 9.47 Å². The number of hydrogen-bond acceptors (Lipinski definition) is 6. The number of hydrogen-bond donors (Lipinski definition) is 0. The Labute approximate surface area is 236 Å². The molecule has 0 saturated heterocycles. The lowest BCUT2D eigenvalue weighted by molar-refractivity contribution is -0.153. The van der Waals surface area contributed by atoms with Crippen LogP contribution in [-0.4, -0.2) is 37.8 Å². The van der Waals surface area contributed by atoms with Gasteiger partial charge < -0.3 is 14.2 Å². The van der Waals surface area contributed by atoms with Gasteiger partial charge in [0.1, 0.15) is 17.8 Å². The summed E-state index contributed by atoms with van der Waals surface area (Å²) in [5, 5.41) is 0. The molecule has 1 saturated carbocycles. The molecule has 0 radical (unpaired) electrons. The first-order valence-corrected chi connectivity index (χ1v) is 14.3. The minimum atomic E-state index is -0.746. The number of methoxy groups -OCH3 is 2. The number of aliphatic imine (C=N–C) groups is 1. The lowest BCUT2D eigenvalue weighted by Crippen LogP contribution is -2.39. The molecule has 2 aromatic carbocycles. The molecule has 1 fully saturated rings. The van der Waals surface area contributed by atoms with E-state index < -0.39 is 17.7 Å². The molecule has 39 heavy (non-hydrogen) atoms. The Bertz CT molecular complexity index is 1350. The van der Waals surface area contributed by atoms with E-state index in [9.17, 15) is 14.0 Å². The first-order valence-electron chi connectivity index (χ1n) is 13.5. The van der Waals surface area contributed by atoms with Crippen LogP contribution in [0.25, 0.3) is 0 Å². The number of benzene rings is 2. The fourth-order valence-electron chi connectivity index (χ4n) is 6.19. The second-order valence-electron chi connectivity index (χ2n) is 10.6. The Morgan fingerprint density at radius 2 is 1.69 bits per heavy atom. The van der Waals surface area contributed by atoms with Gasteiger partial charge in [-0.2, -0.15) is 0 Å². The molecule has 0 aromatic heterocycles. The number of allylic oxidation sites excluding steroid dienone is 2. The Kier molecular flexibility index (Phi) is 8.21. The number of carbonyl (C=O) groups excluding carboxylic acids is 2. The van der Waals surface area contributed by atoms with Crippen molar-refractivity contribution in [2.24, 2.45) is 10.9 Å². The fourth-order valence-corrected chi connectivity index (χ4v) is 6.59. The van der Waals surface area contributed by atoms with E-state index in [1.54, 1.807) is 26.4 Å². The summed E-state index contributed by atoms with van der Waals surface area (Å²) in [6.45, 7) is 1.83. The number of ether oxygens (including phenoxy) is 3. The highest BCUT2D eigenvalue weighted by atomic mass is 79.9. The molecular formula is C31H33BrFNO5. The zero-order valence-corrected chi connectivity index (χ0v) is 24.1. The van der Waals surface area contributed by atoms with Gasteiger partial charge in [-0.15, -0.1) is 0 Å². The molecule has 0 amide bonds. The maximum Gasteiger partial charge on any atom is 0.315 e. The SMILES string of the molecule is COc1ccc(C2CC(=O)C3=C(C2)N=C(C)C(C(=O)OC2CCCCC2)C3c2ccc(F)c(Br)c2)cc1OC. The van der Waals surface area contributed by atoms with E-state index in [4.69, 9.17) is 19.2 Å². The number of rotatable bonds is 6. The van der Waals surface area contributed by atoms with E-state index in [-0.39, 0.29) is 34.7 Å². The molecule has 0 spiro atoms. The third-order valence-corrected chi connectivity index (χ3v) is 8.77. The molecule has 1 aliphatic heterocycles. The molecule has 0 N–H and O–H groups in total. The number of Topliss-reactive ketones (excluding diaryl/α,β-unsaturated/α-hetero) is 1. The van der Waals surface area contributed by atoms with E-state index in [1.807, 2.05) is 25.1 Å². The summed E-state index contributed by atoms with van der Waals surface area (Å²) in [6, 6.07) is 10.4. The predicted molar refractivity (Wildman–Crippen MR) is 150 cm³/mol. The first-order chi connectivity index (χ1) is 18.8. The molecule has 6 nitrogen and oxygen atoms in total. The quantitative estimate of drug-likeness (QED) is 0.333. The van der Waals surface area contributed by atoms with Gasteiger partial charge >= 0.3 is 5.97 Å². The van der Waals surface area contributed by atoms with Crippen molar-refractivity contribution in [1.82, 2.24) is 0 Å². The number of halogens is 2. The highest BCUT2D eigenvalue weighted by molar-refractivity contribution is 9.10. The number of ketones is 1. The van der Waals surface area contributed by atoms with Crippen molar-refractivity contribution in [3.05, 3.63) is 69.1 Å². The van der Waals surface area contributed by atoms with Crippen molar-refractivity contribution in [1.29, 1.82) is 0 Å². The molecule has 0 bridgehead atoms. The summed E-state index contributed by atoms with van der Waals surface area (Å²) >= 11 is 3.29. The van der Waals surface area contributed by atoms with Crippen LogP contribution in [0, 0.1) is 11.7 Å². The number of esters is 1. The molecule has 8 heteroatoms. The zero-order chi connectivity index (χ0) is 27.7. The molecule has 2 aliphatic carbocycles. The van der Waals surface area contributed by atoms with Crippen LogP contribution in [0.2, 0.25) is 0 Å². The van der Waals surface area contributed by atoms with E-state index in [2.05, 4.69) is 15.9 Å². The van der Waals surface area contributed by atoms with Crippen LogP contribution in [0.5, 0.6) is 11.5 Å². The lowest BCUT2D eigenvalue weighted by Gasteiger charge is -2.37. The van der Waals surface area contributed by atoms with Crippen LogP contribution in [0.4, 0.5) is 4.39 Å². The Balaban J connectivity index is 1.53.